The van der Waals surface area contributed by atoms with Crippen LogP contribution in [-0.2, 0) is 6.54 Å². The van der Waals surface area contributed by atoms with Crippen LogP contribution < -0.4 is 10.6 Å². The van der Waals surface area contributed by atoms with Crippen molar-refractivity contribution in [1.82, 2.24) is 9.97 Å². The maximum atomic E-state index is 12.9. The number of anilines is 2. The van der Waals surface area contributed by atoms with Crippen LogP contribution in [0, 0.1) is 5.82 Å². The predicted octanol–water partition coefficient (Wildman–Crippen LogP) is 4.13. The Labute approximate surface area is 148 Å². The van der Waals surface area contributed by atoms with Crippen LogP contribution in [0.15, 0.2) is 60.9 Å². The molecule has 25 heavy (non-hydrogen) atoms. The van der Waals surface area contributed by atoms with Gasteiger partial charge in [-0.05, 0) is 35.9 Å². The number of carbonyl (C=O) groups excluding carboxylic acids is 1. The first kappa shape index (κ1) is 16.9. The first-order valence-corrected chi connectivity index (χ1v) is 7.85. The number of halogens is 2. The average molecular weight is 357 g/mol. The third kappa shape index (κ3) is 4.74. The summed E-state index contributed by atoms with van der Waals surface area (Å²) in [6.45, 7) is 0.475. The molecule has 2 N–H and O–H groups in total. The highest BCUT2D eigenvalue weighted by molar-refractivity contribution is 6.30. The molecule has 0 fully saturated rings. The van der Waals surface area contributed by atoms with Gasteiger partial charge in [0.25, 0.3) is 5.91 Å². The molecule has 0 unspecified atom stereocenters. The first-order chi connectivity index (χ1) is 12.1. The Morgan fingerprint density at radius 2 is 1.88 bits per heavy atom. The molecule has 0 radical (unpaired) electrons. The van der Waals surface area contributed by atoms with Gasteiger partial charge in [-0.3, -0.25) is 4.79 Å². The number of benzene rings is 2. The summed E-state index contributed by atoms with van der Waals surface area (Å²) in [7, 11) is 0. The van der Waals surface area contributed by atoms with Gasteiger partial charge in [0.1, 0.15) is 17.3 Å². The van der Waals surface area contributed by atoms with E-state index in [9.17, 15) is 9.18 Å². The number of hydrogen-bond acceptors (Lipinski definition) is 4. The monoisotopic (exact) mass is 356 g/mol. The van der Waals surface area contributed by atoms with Gasteiger partial charge in [0.2, 0.25) is 0 Å². The Bertz CT molecular complexity index is 869. The molecule has 1 amide bonds. The fourth-order valence-electron chi connectivity index (χ4n) is 2.09. The molecule has 0 bridgehead atoms. The summed E-state index contributed by atoms with van der Waals surface area (Å²) >= 11 is 5.88. The molecule has 1 heterocycles. The van der Waals surface area contributed by atoms with Crippen LogP contribution in [0.2, 0.25) is 5.02 Å². The molecular formula is C18H14ClFN4O. The Balaban J connectivity index is 1.59. The van der Waals surface area contributed by atoms with E-state index in [1.54, 1.807) is 36.4 Å². The number of rotatable bonds is 5. The molecule has 0 atom stereocenters. The van der Waals surface area contributed by atoms with E-state index in [4.69, 9.17) is 11.6 Å². The Kier molecular flexibility index (Phi) is 5.20. The second-order valence-corrected chi connectivity index (χ2v) is 5.67. The molecule has 2 aromatic carbocycles. The average Bonchev–Trinajstić information content (AvgIpc) is 2.62. The highest BCUT2D eigenvalue weighted by Gasteiger charge is 2.09. The maximum absolute atomic E-state index is 12.9. The van der Waals surface area contributed by atoms with E-state index in [-0.39, 0.29) is 17.4 Å². The molecule has 0 aliphatic carbocycles. The van der Waals surface area contributed by atoms with Crippen LogP contribution in [0.1, 0.15) is 16.1 Å². The molecule has 126 valence electrons. The van der Waals surface area contributed by atoms with Crippen LogP contribution in [0.3, 0.4) is 0 Å². The van der Waals surface area contributed by atoms with E-state index < -0.39 is 0 Å². The van der Waals surface area contributed by atoms with E-state index >= 15 is 0 Å². The van der Waals surface area contributed by atoms with Crippen LogP contribution in [0.4, 0.5) is 15.9 Å². The van der Waals surface area contributed by atoms with Gasteiger partial charge in [-0.1, -0.05) is 29.8 Å². The van der Waals surface area contributed by atoms with E-state index in [0.717, 1.165) is 5.56 Å². The zero-order chi connectivity index (χ0) is 17.6. The van der Waals surface area contributed by atoms with Crippen molar-refractivity contribution in [2.75, 3.05) is 10.6 Å². The lowest BCUT2D eigenvalue weighted by Crippen LogP contribution is -2.14. The number of hydrogen-bond donors (Lipinski definition) is 2. The van der Waals surface area contributed by atoms with Crippen molar-refractivity contribution in [3.63, 3.8) is 0 Å². The Morgan fingerprint density at radius 1 is 1.08 bits per heavy atom. The lowest BCUT2D eigenvalue weighted by Gasteiger charge is -2.07. The van der Waals surface area contributed by atoms with Gasteiger partial charge in [-0.2, -0.15) is 0 Å². The van der Waals surface area contributed by atoms with Crippen LogP contribution in [0.25, 0.3) is 0 Å². The van der Waals surface area contributed by atoms with Crippen molar-refractivity contribution in [2.45, 2.75) is 6.54 Å². The van der Waals surface area contributed by atoms with Gasteiger partial charge in [0.15, 0.2) is 0 Å². The molecule has 0 spiro atoms. The van der Waals surface area contributed by atoms with Gasteiger partial charge in [0, 0.05) is 17.3 Å². The third-order valence-corrected chi connectivity index (χ3v) is 3.59. The molecule has 7 heteroatoms. The van der Waals surface area contributed by atoms with Crippen LogP contribution >= 0.6 is 11.6 Å². The summed E-state index contributed by atoms with van der Waals surface area (Å²) in [6, 6.07) is 13.0. The second kappa shape index (κ2) is 7.72. The third-order valence-electron chi connectivity index (χ3n) is 3.35. The normalized spacial score (nSPS) is 10.3. The first-order valence-electron chi connectivity index (χ1n) is 7.47. The molecule has 0 aliphatic heterocycles. The topological polar surface area (TPSA) is 66.9 Å². The summed E-state index contributed by atoms with van der Waals surface area (Å²) in [5.74, 6) is -0.137. The molecule has 0 saturated heterocycles. The van der Waals surface area contributed by atoms with Gasteiger partial charge >= 0.3 is 0 Å². The van der Waals surface area contributed by atoms with E-state index in [1.165, 1.54) is 24.5 Å². The lowest BCUT2D eigenvalue weighted by molar-refractivity contribution is 0.102. The van der Waals surface area contributed by atoms with Gasteiger partial charge in [0.05, 0.1) is 12.4 Å². The fourth-order valence-corrected chi connectivity index (χ4v) is 2.28. The minimum Gasteiger partial charge on any atom is -0.365 e. The molecule has 3 rings (SSSR count). The van der Waals surface area contributed by atoms with Crippen molar-refractivity contribution in [1.29, 1.82) is 0 Å². The molecule has 3 aromatic rings. The van der Waals surface area contributed by atoms with Crippen molar-refractivity contribution >= 4 is 29.0 Å². The maximum Gasteiger partial charge on any atom is 0.275 e. The van der Waals surface area contributed by atoms with Crippen molar-refractivity contribution in [3.8, 4) is 0 Å². The van der Waals surface area contributed by atoms with Gasteiger partial charge in [-0.15, -0.1) is 0 Å². The van der Waals surface area contributed by atoms with Gasteiger partial charge in [-0.25, -0.2) is 14.4 Å². The largest absolute Gasteiger partial charge is 0.365 e. The zero-order valence-corrected chi connectivity index (χ0v) is 13.8. The number of amides is 1. The summed E-state index contributed by atoms with van der Waals surface area (Å²) < 4.78 is 12.9. The van der Waals surface area contributed by atoms with E-state index in [2.05, 4.69) is 20.6 Å². The summed E-state index contributed by atoms with van der Waals surface area (Å²) in [5, 5.41) is 6.29. The van der Waals surface area contributed by atoms with Crippen molar-refractivity contribution in [2.24, 2.45) is 0 Å². The number of carbonyl (C=O) groups is 1. The van der Waals surface area contributed by atoms with E-state index in [0.29, 0.717) is 23.1 Å². The molecule has 5 nitrogen and oxygen atoms in total. The van der Waals surface area contributed by atoms with Crippen molar-refractivity contribution in [3.05, 3.63) is 83.0 Å². The molecule has 0 saturated carbocycles. The van der Waals surface area contributed by atoms with Crippen LogP contribution in [0.5, 0.6) is 0 Å². The highest BCUT2D eigenvalue weighted by atomic mass is 35.5. The minimum atomic E-state index is -0.375. The molecule has 0 aliphatic rings. The standard InChI is InChI=1S/C18H14ClFN4O/c19-13-2-1-3-15(8-13)24-18(25)16-10-23-17(11-21-16)22-9-12-4-6-14(20)7-5-12/h1-8,10-11H,9H2,(H,22,23)(H,24,25). The Hall–Kier alpha value is -2.99. The van der Waals surface area contributed by atoms with Crippen molar-refractivity contribution < 1.29 is 9.18 Å². The number of nitrogens with zero attached hydrogens (tertiary/aromatic N) is 2. The minimum absolute atomic E-state index is 0.187. The van der Waals surface area contributed by atoms with Crippen LogP contribution in [-0.4, -0.2) is 15.9 Å². The summed E-state index contributed by atoms with van der Waals surface area (Å²) in [6.07, 6.45) is 2.85. The predicted molar refractivity (Wildman–Crippen MR) is 95.2 cm³/mol. The smallest absolute Gasteiger partial charge is 0.275 e. The molecular weight excluding hydrogens is 343 g/mol. The zero-order valence-electron chi connectivity index (χ0n) is 13.0. The van der Waals surface area contributed by atoms with E-state index in [1.807, 2.05) is 0 Å². The second-order valence-electron chi connectivity index (χ2n) is 5.23. The fraction of sp³-hybridized carbons (Fsp3) is 0.0556. The quantitative estimate of drug-likeness (QED) is 0.721. The number of nitrogens with one attached hydrogen (secondary N) is 2. The highest BCUT2D eigenvalue weighted by Crippen LogP contribution is 2.15. The molecule has 1 aromatic heterocycles. The SMILES string of the molecule is O=C(Nc1cccc(Cl)c1)c1cnc(NCc2ccc(F)cc2)cn1. The lowest BCUT2D eigenvalue weighted by atomic mass is 10.2. The summed E-state index contributed by atoms with van der Waals surface area (Å²) in [4.78, 5) is 20.4. The van der Waals surface area contributed by atoms with Gasteiger partial charge < -0.3 is 10.6 Å². The Morgan fingerprint density at radius 3 is 2.56 bits per heavy atom. The summed E-state index contributed by atoms with van der Waals surface area (Å²) in [5.41, 5.74) is 1.68. The number of aromatic nitrogens is 2.